The zero-order valence-electron chi connectivity index (χ0n) is 3.03. The highest BCUT2D eigenvalue weighted by atomic mass is 33.1. The molecule has 0 saturated carbocycles. The Bertz CT molecular complexity index is 174. The molecule has 0 aliphatic heterocycles. The molecule has 0 atom stereocenters. The highest BCUT2D eigenvalue weighted by Crippen LogP contribution is 2.03. The zero-order valence-corrected chi connectivity index (χ0v) is 4.66. The van der Waals surface area contributed by atoms with Gasteiger partial charge in [-0.3, -0.25) is 4.55 Å². The summed E-state index contributed by atoms with van der Waals surface area (Å²) in [7, 11) is -4.30. The van der Waals surface area contributed by atoms with E-state index in [1.165, 1.54) is 5.40 Å². The van der Waals surface area contributed by atoms with Gasteiger partial charge in [-0.1, -0.05) is 0 Å². The van der Waals surface area contributed by atoms with Gasteiger partial charge in [0.15, 0.2) is 5.40 Å². The van der Waals surface area contributed by atoms with Gasteiger partial charge in [0, 0.05) is 0 Å². The van der Waals surface area contributed by atoms with E-state index in [-0.39, 0.29) is 10.8 Å². The zero-order chi connectivity index (χ0) is 5.91. The first-order valence-corrected chi connectivity index (χ1v) is 3.88. The summed E-state index contributed by atoms with van der Waals surface area (Å²) in [6.45, 7) is 0. The lowest BCUT2D eigenvalue weighted by atomic mass is 11.8. The van der Waals surface area contributed by atoms with Crippen LogP contribution < -0.4 is 0 Å². The standard InChI is InChI=1S/CHNO3S2/c2-1-6-7(3,4)5/h(H,3,4,5). The summed E-state index contributed by atoms with van der Waals surface area (Å²) in [5.41, 5.74) is 0. The summed E-state index contributed by atoms with van der Waals surface area (Å²) in [5.74, 6) is 0. The predicted octanol–water partition coefficient (Wildman–Crippen LogP) is 0.00348. The molecule has 0 aromatic carbocycles. The number of nitriles is 1. The van der Waals surface area contributed by atoms with Crippen LogP contribution in [0.1, 0.15) is 0 Å². The molecule has 0 aliphatic rings. The second-order valence-corrected chi connectivity index (χ2v) is 3.57. The van der Waals surface area contributed by atoms with Gasteiger partial charge in [0.2, 0.25) is 0 Å². The van der Waals surface area contributed by atoms with Crippen LogP contribution in [0.4, 0.5) is 0 Å². The van der Waals surface area contributed by atoms with E-state index in [4.69, 9.17) is 9.81 Å². The van der Waals surface area contributed by atoms with Crippen molar-refractivity contribution < 1.29 is 13.0 Å². The van der Waals surface area contributed by atoms with Crippen molar-refractivity contribution >= 4 is 19.9 Å². The molecule has 40 valence electrons. The van der Waals surface area contributed by atoms with Crippen LogP contribution in [0.15, 0.2) is 0 Å². The molecule has 0 fully saturated rings. The number of nitrogens with zero attached hydrogens (tertiary/aromatic N) is 1. The summed E-state index contributed by atoms with van der Waals surface area (Å²) in [4.78, 5) is 0. The minimum absolute atomic E-state index is 0.178. The fourth-order valence-electron chi connectivity index (χ4n) is 0.0471. The van der Waals surface area contributed by atoms with Gasteiger partial charge in [0.05, 0.1) is 0 Å². The van der Waals surface area contributed by atoms with E-state index < -0.39 is 9.15 Å². The normalized spacial score (nSPS) is 10.3. The van der Waals surface area contributed by atoms with Gasteiger partial charge in [-0.05, 0) is 0 Å². The Morgan fingerprint density at radius 1 is 1.71 bits per heavy atom. The van der Waals surface area contributed by atoms with Gasteiger partial charge in [-0.25, -0.2) is 0 Å². The van der Waals surface area contributed by atoms with E-state index in [0.29, 0.717) is 0 Å². The van der Waals surface area contributed by atoms with Gasteiger partial charge in [0.25, 0.3) is 0 Å². The molecule has 0 radical (unpaired) electrons. The second kappa shape index (κ2) is 2.16. The van der Waals surface area contributed by atoms with Crippen LogP contribution in [-0.2, 0) is 9.15 Å². The Morgan fingerprint density at radius 2 is 2.14 bits per heavy atom. The van der Waals surface area contributed by atoms with E-state index in [1.807, 2.05) is 0 Å². The maximum absolute atomic E-state index is 9.53. The maximum Gasteiger partial charge on any atom is 0.333 e. The van der Waals surface area contributed by atoms with Gasteiger partial charge in [-0.15, -0.1) is 0 Å². The van der Waals surface area contributed by atoms with Crippen LogP contribution in [0, 0.1) is 10.7 Å². The van der Waals surface area contributed by atoms with Gasteiger partial charge >= 0.3 is 9.15 Å². The fourth-order valence-corrected chi connectivity index (χ4v) is 0.424. The molecule has 0 unspecified atom stereocenters. The van der Waals surface area contributed by atoms with Crippen LogP contribution in [0.2, 0.25) is 0 Å². The molecule has 7 heavy (non-hydrogen) atoms. The van der Waals surface area contributed by atoms with E-state index in [0.717, 1.165) is 0 Å². The van der Waals surface area contributed by atoms with Gasteiger partial charge in [-0.2, -0.15) is 13.7 Å². The van der Waals surface area contributed by atoms with Crippen molar-refractivity contribution in [2.24, 2.45) is 0 Å². The van der Waals surface area contributed by atoms with E-state index in [9.17, 15) is 8.42 Å². The number of rotatable bonds is 1. The molecule has 1 N–H and O–H groups in total. The molecule has 0 heterocycles. The SMILES string of the molecule is N#CSS(=O)(=O)O. The lowest BCUT2D eigenvalue weighted by Crippen LogP contribution is -1.84. The van der Waals surface area contributed by atoms with Crippen molar-refractivity contribution in [1.82, 2.24) is 0 Å². The Labute approximate surface area is 44.3 Å². The molecule has 0 aromatic heterocycles. The Balaban J connectivity index is 3.92. The van der Waals surface area contributed by atoms with Crippen LogP contribution in [0.3, 0.4) is 0 Å². The molecule has 4 nitrogen and oxygen atoms in total. The van der Waals surface area contributed by atoms with Crippen LogP contribution in [0.5, 0.6) is 0 Å². The minimum atomic E-state index is -4.12. The Kier molecular flexibility index (Phi) is 2.08. The smallest absolute Gasteiger partial charge is 0.276 e. The third-order valence-electron chi connectivity index (χ3n) is 0.143. The summed E-state index contributed by atoms with van der Waals surface area (Å²) < 4.78 is 26.8. The third kappa shape index (κ3) is 5.75. The first kappa shape index (κ1) is 6.75. The topological polar surface area (TPSA) is 78.2 Å². The minimum Gasteiger partial charge on any atom is -0.276 e. The van der Waals surface area contributed by atoms with Gasteiger partial charge < -0.3 is 0 Å². The monoisotopic (exact) mass is 139 g/mol. The Hall–Kier alpha value is -0.250. The summed E-state index contributed by atoms with van der Waals surface area (Å²) in [6.07, 6.45) is 0. The van der Waals surface area contributed by atoms with Crippen LogP contribution in [-0.4, -0.2) is 13.0 Å². The van der Waals surface area contributed by atoms with Crippen molar-refractivity contribution in [2.45, 2.75) is 0 Å². The summed E-state index contributed by atoms with van der Waals surface area (Å²) in [5, 5.41) is 8.76. The molecule has 0 amide bonds. The number of hydrogen-bond acceptors (Lipinski definition) is 4. The molecular weight excluding hydrogens is 138 g/mol. The average molecular weight is 139 g/mol. The van der Waals surface area contributed by atoms with Crippen molar-refractivity contribution in [2.75, 3.05) is 0 Å². The number of hydrogen-bond donors (Lipinski definition) is 1. The lowest BCUT2D eigenvalue weighted by Gasteiger charge is -1.76. The van der Waals surface area contributed by atoms with Crippen molar-refractivity contribution in [3.63, 3.8) is 0 Å². The Morgan fingerprint density at radius 3 is 2.14 bits per heavy atom. The van der Waals surface area contributed by atoms with E-state index in [2.05, 4.69) is 0 Å². The average Bonchev–Trinajstić information content (AvgIpc) is 1.30. The molecule has 0 rings (SSSR count). The molecule has 0 bridgehead atoms. The highest BCUT2D eigenvalue weighted by Gasteiger charge is 2.00. The summed E-state index contributed by atoms with van der Waals surface area (Å²) >= 11 is 0. The number of thiocyanates is 1. The van der Waals surface area contributed by atoms with Crippen molar-refractivity contribution in [3.8, 4) is 5.40 Å². The molecule has 0 spiro atoms. The lowest BCUT2D eigenvalue weighted by molar-refractivity contribution is 0.503. The van der Waals surface area contributed by atoms with Gasteiger partial charge in [0.1, 0.15) is 10.8 Å². The molecule has 0 aliphatic carbocycles. The second-order valence-electron chi connectivity index (χ2n) is 0.602. The quantitative estimate of drug-likeness (QED) is 0.314. The van der Waals surface area contributed by atoms with Crippen LogP contribution >= 0.6 is 10.8 Å². The largest absolute Gasteiger partial charge is 0.333 e. The molecule has 0 aromatic rings. The first-order chi connectivity index (χ1) is 3.06. The summed E-state index contributed by atoms with van der Waals surface area (Å²) in [6, 6.07) is 0. The first-order valence-electron chi connectivity index (χ1n) is 1.11. The van der Waals surface area contributed by atoms with E-state index >= 15 is 0 Å². The maximum atomic E-state index is 9.53. The van der Waals surface area contributed by atoms with Crippen molar-refractivity contribution in [3.05, 3.63) is 0 Å². The molecule has 6 heteroatoms. The molecular formula is CHNO3S2. The van der Waals surface area contributed by atoms with Crippen molar-refractivity contribution in [1.29, 1.82) is 5.26 Å². The molecule has 0 saturated heterocycles. The predicted molar refractivity (Wildman–Crippen MR) is 24.8 cm³/mol. The highest BCUT2D eigenvalue weighted by molar-refractivity contribution is 8.71. The van der Waals surface area contributed by atoms with Crippen LogP contribution in [0.25, 0.3) is 0 Å². The van der Waals surface area contributed by atoms with E-state index in [1.54, 1.807) is 0 Å². The third-order valence-corrected chi connectivity index (χ3v) is 1.28. The fraction of sp³-hybridized carbons (Fsp3) is 0.